The first-order chi connectivity index (χ1) is 14.3. The summed E-state index contributed by atoms with van der Waals surface area (Å²) in [6.07, 6.45) is -5.64. The summed E-state index contributed by atoms with van der Waals surface area (Å²) in [5, 5.41) is 8.91. The van der Waals surface area contributed by atoms with Crippen molar-refractivity contribution >= 4 is 12.0 Å². The molecule has 1 aromatic carbocycles. The van der Waals surface area contributed by atoms with E-state index in [1.807, 2.05) is 0 Å². The van der Waals surface area contributed by atoms with Crippen molar-refractivity contribution in [2.45, 2.75) is 39.5 Å². The number of nitrogens with one attached hydrogen (secondary N) is 1. The van der Waals surface area contributed by atoms with Gasteiger partial charge in [-0.3, -0.25) is 4.79 Å². The van der Waals surface area contributed by atoms with Crippen molar-refractivity contribution < 1.29 is 31.9 Å². The molecule has 2 amide bonds. The summed E-state index contributed by atoms with van der Waals surface area (Å²) in [6.45, 7) is 6.87. The number of carbonyl (C=O) groups is 2. The van der Waals surface area contributed by atoms with Crippen molar-refractivity contribution in [2.24, 2.45) is 0 Å². The van der Waals surface area contributed by atoms with Gasteiger partial charge >= 0.3 is 12.3 Å². The van der Waals surface area contributed by atoms with Gasteiger partial charge in [-0.25, -0.2) is 13.9 Å². The summed E-state index contributed by atoms with van der Waals surface area (Å²) < 4.78 is 60.3. The second-order valence-corrected chi connectivity index (χ2v) is 7.46. The summed E-state index contributed by atoms with van der Waals surface area (Å²) in [7, 11) is 0. The van der Waals surface area contributed by atoms with Gasteiger partial charge in [0.1, 0.15) is 17.1 Å². The van der Waals surface area contributed by atoms with Crippen LogP contribution in [0.15, 0.2) is 24.3 Å². The van der Waals surface area contributed by atoms with Crippen LogP contribution in [-0.4, -0.2) is 57.1 Å². The molecular formula is C19H23F4N5O3. The fraction of sp³-hybridized carbons (Fsp3) is 0.474. The monoisotopic (exact) mass is 445 g/mol. The van der Waals surface area contributed by atoms with Gasteiger partial charge in [-0.1, -0.05) is 17.3 Å². The van der Waals surface area contributed by atoms with Gasteiger partial charge in [0.15, 0.2) is 11.4 Å². The number of benzene rings is 1. The van der Waals surface area contributed by atoms with Crippen LogP contribution in [0.25, 0.3) is 5.69 Å². The second-order valence-electron chi connectivity index (χ2n) is 7.46. The van der Waals surface area contributed by atoms with E-state index in [0.717, 1.165) is 12.1 Å². The van der Waals surface area contributed by atoms with E-state index in [1.54, 1.807) is 27.7 Å². The molecule has 0 bridgehead atoms. The van der Waals surface area contributed by atoms with Gasteiger partial charge in [-0.2, -0.15) is 13.2 Å². The third kappa shape index (κ3) is 6.15. The maximum Gasteiger partial charge on any atom is 0.435 e. The molecule has 0 spiro atoms. The molecule has 0 radical (unpaired) electrons. The van der Waals surface area contributed by atoms with E-state index in [1.165, 1.54) is 17.0 Å². The minimum Gasteiger partial charge on any atom is -0.444 e. The van der Waals surface area contributed by atoms with Gasteiger partial charge in [0.25, 0.3) is 5.91 Å². The number of hydrogen-bond acceptors (Lipinski definition) is 5. The van der Waals surface area contributed by atoms with E-state index in [0.29, 0.717) is 0 Å². The molecule has 12 heteroatoms. The highest BCUT2D eigenvalue weighted by molar-refractivity contribution is 5.93. The number of halogens is 4. The molecule has 0 unspecified atom stereocenters. The SMILES string of the molecule is CCN(CCNC(=O)c1nnn(-c2ccccc2F)c1C(F)(F)F)C(=O)OC(C)(C)C. The minimum atomic E-state index is -5.02. The Labute approximate surface area is 176 Å². The Morgan fingerprint density at radius 2 is 1.84 bits per heavy atom. The molecule has 8 nitrogen and oxygen atoms in total. The molecule has 1 N–H and O–H groups in total. The van der Waals surface area contributed by atoms with Crippen molar-refractivity contribution in [3.63, 3.8) is 0 Å². The lowest BCUT2D eigenvalue weighted by atomic mass is 10.2. The van der Waals surface area contributed by atoms with E-state index >= 15 is 0 Å². The molecule has 0 fully saturated rings. The number of ether oxygens (including phenoxy) is 1. The molecule has 0 aliphatic carbocycles. The molecule has 0 aliphatic rings. The normalized spacial score (nSPS) is 11.9. The Kier molecular flexibility index (Phi) is 7.24. The molecule has 170 valence electrons. The van der Waals surface area contributed by atoms with Crippen LogP contribution < -0.4 is 5.32 Å². The number of aromatic nitrogens is 3. The second kappa shape index (κ2) is 9.31. The lowest BCUT2D eigenvalue weighted by Gasteiger charge is -2.26. The van der Waals surface area contributed by atoms with Gasteiger partial charge in [-0.15, -0.1) is 5.10 Å². The number of alkyl halides is 3. The third-order valence-electron chi connectivity index (χ3n) is 3.94. The summed E-state index contributed by atoms with van der Waals surface area (Å²) in [6, 6.07) is 4.69. The Hall–Kier alpha value is -3.18. The highest BCUT2D eigenvalue weighted by Crippen LogP contribution is 2.33. The smallest absolute Gasteiger partial charge is 0.435 e. The summed E-state index contributed by atoms with van der Waals surface area (Å²) in [5.41, 5.74) is -3.73. The van der Waals surface area contributed by atoms with Crippen molar-refractivity contribution in [3.8, 4) is 5.69 Å². The number of hydrogen-bond donors (Lipinski definition) is 1. The first kappa shape index (κ1) is 24.1. The molecule has 1 heterocycles. The van der Waals surface area contributed by atoms with Crippen LogP contribution in [0.1, 0.15) is 43.9 Å². The van der Waals surface area contributed by atoms with E-state index in [-0.39, 0.29) is 24.3 Å². The fourth-order valence-corrected chi connectivity index (χ4v) is 2.57. The number of amides is 2. The van der Waals surface area contributed by atoms with Crippen molar-refractivity contribution in [2.75, 3.05) is 19.6 Å². The van der Waals surface area contributed by atoms with Gasteiger partial charge in [0, 0.05) is 19.6 Å². The average Bonchev–Trinajstić information content (AvgIpc) is 3.09. The molecule has 1 aromatic heterocycles. The Bertz CT molecular complexity index is 937. The van der Waals surface area contributed by atoms with Crippen molar-refractivity contribution in [1.82, 2.24) is 25.2 Å². The predicted molar refractivity (Wildman–Crippen MR) is 102 cm³/mol. The molecule has 0 atom stereocenters. The van der Waals surface area contributed by atoms with E-state index < -0.39 is 46.7 Å². The number of likely N-dealkylation sites (N-methyl/N-ethyl adjacent to an activating group) is 1. The van der Waals surface area contributed by atoms with E-state index in [2.05, 4.69) is 15.6 Å². The van der Waals surface area contributed by atoms with Crippen LogP contribution in [0.4, 0.5) is 22.4 Å². The molecule has 31 heavy (non-hydrogen) atoms. The van der Waals surface area contributed by atoms with Gasteiger partial charge in [-0.05, 0) is 39.8 Å². The van der Waals surface area contributed by atoms with Gasteiger partial charge in [0.2, 0.25) is 0 Å². The number of rotatable bonds is 6. The average molecular weight is 445 g/mol. The molecular weight excluding hydrogens is 422 g/mol. The molecule has 0 aliphatic heterocycles. The van der Waals surface area contributed by atoms with Crippen LogP contribution in [0.3, 0.4) is 0 Å². The Morgan fingerprint density at radius 3 is 2.39 bits per heavy atom. The predicted octanol–water partition coefficient (Wildman–Crippen LogP) is 3.41. The highest BCUT2D eigenvalue weighted by Gasteiger charge is 2.42. The highest BCUT2D eigenvalue weighted by atomic mass is 19.4. The lowest BCUT2D eigenvalue weighted by Crippen LogP contribution is -2.41. The first-order valence-electron chi connectivity index (χ1n) is 9.39. The van der Waals surface area contributed by atoms with Crippen LogP contribution in [-0.2, 0) is 10.9 Å². The van der Waals surface area contributed by atoms with Crippen molar-refractivity contribution in [1.29, 1.82) is 0 Å². The zero-order valence-corrected chi connectivity index (χ0v) is 17.5. The van der Waals surface area contributed by atoms with Gasteiger partial charge in [0.05, 0.1) is 0 Å². The minimum absolute atomic E-state index is 0.0000446. The maximum atomic E-state index is 14.0. The summed E-state index contributed by atoms with van der Waals surface area (Å²) in [4.78, 5) is 25.7. The summed E-state index contributed by atoms with van der Waals surface area (Å²) >= 11 is 0. The zero-order valence-electron chi connectivity index (χ0n) is 17.5. The Morgan fingerprint density at radius 1 is 1.19 bits per heavy atom. The molecule has 0 saturated carbocycles. The number of para-hydroxylation sites is 1. The largest absolute Gasteiger partial charge is 0.444 e. The van der Waals surface area contributed by atoms with Crippen LogP contribution in [0.2, 0.25) is 0 Å². The first-order valence-corrected chi connectivity index (χ1v) is 9.39. The number of nitrogens with zero attached hydrogens (tertiary/aromatic N) is 4. The maximum absolute atomic E-state index is 14.0. The molecule has 2 rings (SSSR count). The van der Waals surface area contributed by atoms with Crippen LogP contribution in [0.5, 0.6) is 0 Å². The zero-order chi connectivity index (χ0) is 23.4. The molecule has 2 aromatic rings. The van der Waals surface area contributed by atoms with E-state index in [4.69, 9.17) is 4.74 Å². The summed E-state index contributed by atoms with van der Waals surface area (Å²) in [5.74, 6) is -2.11. The third-order valence-corrected chi connectivity index (χ3v) is 3.94. The number of carbonyl (C=O) groups excluding carboxylic acids is 2. The Balaban J connectivity index is 2.17. The quantitative estimate of drug-likeness (QED) is 0.689. The van der Waals surface area contributed by atoms with Gasteiger partial charge < -0.3 is 15.0 Å². The standard InChI is InChI=1S/C19H23F4N5O3/c1-5-27(17(30)31-18(2,3)4)11-10-24-16(29)14-15(19(21,22)23)28(26-25-14)13-9-7-6-8-12(13)20/h6-9H,5,10-11H2,1-4H3,(H,24,29). The van der Waals surface area contributed by atoms with Crippen LogP contribution >= 0.6 is 0 Å². The fourth-order valence-electron chi connectivity index (χ4n) is 2.57. The lowest BCUT2D eigenvalue weighted by molar-refractivity contribution is -0.143. The molecule has 0 saturated heterocycles. The van der Waals surface area contributed by atoms with Crippen LogP contribution in [0, 0.1) is 5.82 Å². The van der Waals surface area contributed by atoms with E-state index in [9.17, 15) is 27.2 Å². The topological polar surface area (TPSA) is 89.4 Å². The van der Waals surface area contributed by atoms with Crippen molar-refractivity contribution in [3.05, 3.63) is 41.5 Å².